The summed E-state index contributed by atoms with van der Waals surface area (Å²) in [5, 5.41) is 3.58. The van der Waals surface area contributed by atoms with Gasteiger partial charge in [0.2, 0.25) is 0 Å². The predicted octanol–water partition coefficient (Wildman–Crippen LogP) is 4.14. The number of hydrogen-bond acceptors (Lipinski definition) is 2. The van der Waals surface area contributed by atoms with Crippen molar-refractivity contribution < 1.29 is 4.74 Å². The first kappa shape index (κ1) is 16.0. The van der Waals surface area contributed by atoms with Gasteiger partial charge in [-0.3, -0.25) is 0 Å². The number of hydrogen-bond donors (Lipinski definition) is 1. The molecule has 1 N–H and O–H groups in total. The summed E-state index contributed by atoms with van der Waals surface area (Å²) in [5.41, 5.74) is 0.495. The summed E-state index contributed by atoms with van der Waals surface area (Å²) in [7, 11) is 0. The first-order valence-electron chi connectivity index (χ1n) is 7.70. The zero-order valence-corrected chi connectivity index (χ0v) is 13.1. The van der Waals surface area contributed by atoms with E-state index < -0.39 is 0 Å². The van der Waals surface area contributed by atoms with Crippen LogP contribution in [0.4, 0.5) is 0 Å². The van der Waals surface area contributed by atoms with Crippen molar-refractivity contribution in [2.75, 3.05) is 13.2 Å². The first-order valence-corrected chi connectivity index (χ1v) is 7.70. The lowest BCUT2D eigenvalue weighted by atomic mass is 9.84. The molecule has 2 heteroatoms. The molecular formula is C16H33NO. The molecule has 0 saturated heterocycles. The van der Waals surface area contributed by atoms with Gasteiger partial charge < -0.3 is 10.1 Å². The van der Waals surface area contributed by atoms with Crippen molar-refractivity contribution in [1.82, 2.24) is 5.32 Å². The van der Waals surface area contributed by atoms with Gasteiger partial charge in [0.05, 0.1) is 5.60 Å². The zero-order valence-electron chi connectivity index (χ0n) is 13.1. The average Bonchev–Trinajstić information content (AvgIpc) is 2.26. The van der Waals surface area contributed by atoms with E-state index in [1.54, 1.807) is 0 Å². The molecule has 0 heterocycles. The van der Waals surface area contributed by atoms with Crippen molar-refractivity contribution in [3.8, 4) is 0 Å². The van der Waals surface area contributed by atoms with Crippen LogP contribution >= 0.6 is 0 Å². The van der Waals surface area contributed by atoms with E-state index in [1.165, 1.54) is 32.1 Å². The average molecular weight is 255 g/mol. The normalized spacial score (nSPS) is 20.3. The Bertz CT molecular complexity index is 224. The van der Waals surface area contributed by atoms with Gasteiger partial charge in [0.1, 0.15) is 0 Å². The Morgan fingerprint density at radius 1 is 1.11 bits per heavy atom. The van der Waals surface area contributed by atoms with Crippen LogP contribution in [-0.4, -0.2) is 24.8 Å². The van der Waals surface area contributed by atoms with E-state index in [9.17, 15) is 0 Å². The third-order valence-electron chi connectivity index (χ3n) is 3.86. The second-order valence-corrected chi connectivity index (χ2v) is 7.44. The van der Waals surface area contributed by atoms with Crippen LogP contribution in [0.15, 0.2) is 0 Å². The van der Waals surface area contributed by atoms with Gasteiger partial charge in [0, 0.05) is 19.2 Å². The maximum absolute atomic E-state index is 6.33. The summed E-state index contributed by atoms with van der Waals surface area (Å²) in [6.45, 7) is 13.2. The van der Waals surface area contributed by atoms with E-state index in [2.05, 4.69) is 39.9 Å². The minimum atomic E-state index is 0.119. The van der Waals surface area contributed by atoms with Crippen molar-refractivity contribution in [1.29, 1.82) is 0 Å². The van der Waals surface area contributed by atoms with Crippen LogP contribution in [0.1, 0.15) is 73.1 Å². The fourth-order valence-electron chi connectivity index (χ4n) is 2.53. The molecule has 0 aromatic carbocycles. The summed E-state index contributed by atoms with van der Waals surface area (Å²) < 4.78 is 6.33. The highest BCUT2D eigenvalue weighted by atomic mass is 16.5. The molecule has 0 unspecified atom stereocenters. The molecule has 0 radical (unpaired) electrons. The van der Waals surface area contributed by atoms with Crippen LogP contribution in [0.2, 0.25) is 0 Å². The van der Waals surface area contributed by atoms with Gasteiger partial charge in [0.25, 0.3) is 0 Å². The number of nitrogens with one attached hydrogen (secondary N) is 1. The first-order chi connectivity index (χ1) is 8.33. The summed E-state index contributed by atoms with van der Waals surface area (Å²) in [6.07, 6.45) is 7.65. The van der Waals surface area contributed by atoms with Crippen molar-refractivity contribution >= 4 is 0 Å². The van der Waals surface area contributed by atoms with Crippen LogP contribution in [0.3, 0.4) is 0 Å². The van der Waals surface area contributed by atoms with Gasteiger partial charge in [-0.25, -0.2) is 0 Å². The van der Waals surface area contributed by atoms with Gasteiger partial charge in [-0.15, -0.1) is 0 Å². The molecule has 0 aromatic rings. The highest BCUT2D eigenvalue weighted by Crippen LogP contribution is 2.32. The minimum Gasteiger partial charge on any atom is -0.374 e. The van der Waals surface area contributed by atoms with Crippen LogP contribution in [0.25, 0.3) is 0 Å². The Morgan fingerprint density at radius 2 is 1.72 bits per heavy atom. The molecule has 18 heavy (non-hydrogen) atoms. The summed E-state index contributed by atoms with van der Waals surface area (Å²) in [5.74, 6) is 0. The molecule has 0 spiro atoms. The Morgan fingerprint density at radius 3 is 2.22 bits per heavy atom. The molecule has 1 rings (SSSR count). The predicted molar refractivity (Wildman–Crippen MR) is 79.0 cm³/mol. The van der Waals surface area contributed by atoms with Crippen LogP contribution in [-0.2, 0) is 4.74 Å². The molecule has 0 atom stereocenters. The molecule has 1 aliphatic carbocycles. The zero-order chi connectivity index (χ0) is 13.6. The second-order valence-electron chi connectivity index (χ2n) is 7.44. The van der Waals surface area contributed by atoms with Crippen LogP contribution in [0, 0.1) is 5.41 Å². The molecular weight excluding hydrogens is 222 g/mol. The highest BCUT2D eigenvalue weighted by molar-refractivity contribution is 4.87. The maximum atomic E-state index is 6.33. The number of ether oxygens (including phenoxy) is 1. The molecule has 1 fully saturated rings. The fourth-order valence-corrected chi connectivity index (χ4v) is 2.53. The molecule has 1 aliphatic rings. The maximum Gasteiger partial charge on any atom is 0.0806 e. The van der Waals surface area contributed by atoms with Gasteiger partial charge >= 0.3 is 0 Å². The van der Waals surface area contributed by atoms with E-state index in [0.717, 1.165) is 19.6 Å². The second kappa shape index (κ2) is 6.91. The Balaban J connectivity index is 2.44. The molecule has 0 amide bonds. The molecule has 0 aromatic heterocycles. The SMILES string of the molecule is CC(C)NCC1(OCCC(C)(C)C)CCCCC1. The third-order valence-corrected chi connectivity index (χ3v) is 3.86. The smallest absolute Gasteiger partial charge is 0.0806 e. The van der Waals surface area contributed by atoms with E-state index in [1.807, 2.05) is 0 Å². The monoisotopic (exact) mass is 255 g/mol. The molecule has 2 nitrogen and oxygen atoms in total. The molecule has 1 saturated carbocycles. The lowest BCUT2D eigenvalue weighted by molar-refractivity contribution is -0.0761. The lowest BCUT2D eigenvalue weighted by Gasteiger charge is -2.39. The van der Waals surface area contributed by atoms with Gasteiger partial charge in [-0.2, -0.15) is 0 Å². The quantitative estimate of drug-likeness (QED) is 0.770. The van der Waals surface area contributed by atoms with Crippen LogP contribution in [0.5, 0.6) is 0 Å². The summed E-state index contributed by atoms with van der Waals surface area (Å²) in [6, 6.07) is 0.551. The fraction of sp³-hybridized carbons (Fsp3) is 1.00. The van der Waals surface area contributed by atoms with E-state index in [-0.39, 0.29) is 5.60 Å². The topological polar surface area (TPSA) is 21.3 Å². The minimum absolute atomic E-state index is 0.119. The molecule has 108 valence electrons. The van der Waals surface area contributed by atoms with Gasteiger partial charge in [0.15, 0.2) is 0 Å². The van der Waals surface area contributed by atoms with Crippen molar-refractivity contribution in [3.05, 3.63) is 0 Å². The molecule has 0 bridgehead atoms. The molecule has 0 aliphatic heterocycles. The number of rotatable bonds is 6. The standard InChI is InChI=1S/C16H33NO/c1-14(2)17-13-16(9-7-6-8-10-16)18-12-11-15(3,4)5/h14,17H,6-13H2,1-5H3. The third kappa shape index (κ3) is 6.19. The van der Waals surface area contributed by atoms with Crippen LogP contribution < -0.4 is 5.32 Å². The van der Waals surface area contributed by atoms with E-state index in [0.29, 0.717) is 11.5 Å². The Kier molecular flexibility index (Phi) is 6.13. The Hall–Kier alpha value is -0.0800. The highest BCUT2D eigenvalue weighted by Gasteiger charge is 2.33. The van der Waals surface area contributed by atoms with Gasteiger partial charge in [-0.1, -0.05) is 53.9 Å². The van der Waals surface area contributed by atoms with E-state index >= 15 is 0 Å². The summed E-state index contributed by atoms with van der Waals surface area (Å²) >= 11 is 0. The van der Waals surface area contributed by atoms with Crippen molar-refractivity contribution in [2.45, 2.75) is 84.8 Å². The summed E-state index contributed by atoms with van der Waals surface area (Å²) in [4.78, 5) is 0. The van der Waals surface area contributed by atoms with Crippen molar-refractivity contribution in [2.24, 2.45) is 5.41 Å². The van der Waals surface area contributed by atoms with E-state index in [4.69, 9.17) is 4.74 Å². The van der Waals surface area contributed by atoms with Gasteiger partial charge in [-0.05, 0) is 24.7 Å². The van der Waals surface area contributed by atoms with Crippen molar-refractivity contribution in [3.63, 3.8) is 0 Å². The Labute approximate surface area is 114 Å². The largest absolute Gasteiger partial charge is 0.374 e. The lowest BCUT2D eigenvalue weighted by Crippen LogP contribution is -2.47.